The van der Waals surface area contributed by atoms with Crippen LogP contribution in [0.2, 0.25) is 0 Å². The number of aliphatic hydroxyl groups is 1. The minimum absolute atomic E-state index is 0. The van der Waals surface area contributed by atoms with Crippen LogP contribution in [0.1, 0.15) is 11.7 Å². The number of hydrogen-bond acceptors (Lipinski definition) is 2. The molecule has 0 aliphatic rings. The molecule has 0 heterocycles. The van der Waals surface area contributed by atoms with Crippen molar-refractivity contribution in [3.05, 3.63) is 36.8 Å². The van der Waals surface area contributed by atoms with Crippen LogP contribution in [0.4, 0.5) is 0 Å². The van der Waals surface area contributed by atoms with Crippen LogP contribution in [-0.4, -0.2) is 12.2 Å². The van der Waals surface area contributed by atoms with Crippen molar-refractivity contribution < 1.29 is 61.2 Å². The van der Waals surface area contributed by atoms with Gasteiger partial charge in [0, 0.05) is 0 Å². The molecule has 0 aromatic heterocycles. The van der Waals surface area contributed by atoms with E-state index in [0.717, 1.165) is 11.3 Å². The normalized spacial score (nSPS) is 11.6. The minimum Gasteiger partial charge on any atom is -0.497 e. The Balaban J connectivity index is 0.00000121. The van der Waals surface area contributed by atoms with E-state index in [2.05, 4.69) is 6.92 Å². The minimum atomic E-state index is -0.652. The molecule has 1 unspecified atom stereocenters. The van der Waals surface area contributed by atoms with Crippen molar-refractivity contribution in [3.63, 3.8) is 0 Å². The molecule has 1 N–H and O–H groups in total. The van der Waals surface area contributed by atoms with Gasteiger partial charge in [0.1, 0.15) is 5.75 Å². The summed E-state index contributed by atoms with van der Waals surface area (Å²) in [4.78, 5) is 0. The zero-order valence-corrected chi connectivity index (χ0v) is 10.6. The summed E-state index contributed by atoms with van der Waals surface area (Å²) in [6, 6.07) is 7.17. The Labute approximate surface area is 115 Å². The number of hydrogen-bond donors (Lipinski definition) is 1. The quantitative estimate of drug-likeness (QED) is 0.457. The van der Waals surface area contributed by atoms with Crippen LogP contribution in [0.15, 0.2) is 24.3 Å². The van der Waals surface area contributed by atoms with E-state index < -0.39 is 6.10 Å². The van der Waals surface area contributed by atoms with Gasteiger partial charge >= 0.3 is 51.4 Å². The molecule has 0 saturated carbocycles. The largest absolute Gasteiger partial charge is 1.00 e. The van der Waals surface area contributed by atoms with Crippen LogP contribution in [0.3, 0.4) is 0 Å². The van der Waals surface area contributed by atoms with E-state index in [9.17, 15) is 0 Å². The monoisotopic (exact) mass is 190 g/mol. The second kappa shape index (κ2) is 6.13. The SMILES string of the molecule is [CH2-]C(O)c1ccc(OC)cc1.[K+]. The first kappa shape index (κ1) is 12.6. The number of methoxy groups -OCH3 is 1. The molecule has 2 nitrogen and oxygen atoms in total. The molecule has 12 heavy (non-hydrogen) atoms. The summed E-state index contributed by atoms with van der Waals surface area (Å²) in [7, 11) is 1.61. The number of ether oxygens (including phenoxy) is 1. The average molecular weight is 190 g/mol. The average Bonchev–Trinajstić information content (AvgIpc) is 2.05. The van der Waals surface area contributed by atoms with Gasteiger partial charge < -0.3 is 16.8 Å². The Morgan fingerprint density at radius 3 is 2.17 bits per heavy atom. The van der Waals surface area contributed by atoms with E-state index in [1.54, 1.807) is 31.4 Å². The summed E-state index contributed by atoms with van der Waals surface area (Å²) in [6.07, 6.45) is -0.652. The van der Waals surface area contributed by atoms with E-state index in [1.165, 1.54) is 0 Å². The van der Waals surface area contributed by atoms with Gasteiger partial charge in [0.25, 0.3) is 0 Å². The van der Waals surface area contributed by atoms with E-state index >= 15 is 0 Å². The molecule has 0 amide bonds. The predicted octanol–water partition coefficient (Wildman–Crippen LogP) is -1.43. The molecule has 0 bridgehead atoms. The first-order chi connectivity index (χ1) is 5.24. The summed E-state index contributed by atoms with van der Waals surface area (Å²) >= 11 is 0. The molecule has 1 atom stereocenters. The van der Waals surface area contributed by atoms with Crippen molar-refractivity contribution in [1.29, 1.82) is 0 Å². The standard InChI is InChI=1S/C9H11O2.K/c1-7(10)8-3-5-9(11-2)6-4-8;/h3-7,10H,1H2,2H3;/q-1;+1. The number of aliphatic hydroxyl groups excluding tert-OH is 1. The Morgan fingerprint density at radius 2 is 1.83 bits per heavy atom. The fraction of sp³-hybridized carbons (Fsp3) is 0.222. The van der Waals surface area contributed by atoms with Gasteiger partial charge in [0.15, 0.2) is 0 Å². The molecule has 0 fully saturated rings. The molecule has 1 rings (SSSR count). The Morgan fingerprint density at radius 1 is 1.33 bits per heavy atom. The molecule has 0 aliphatic carbocycles. The van der Waals surface area contributed by atoms with Gasteiger partial charge in [-0.25, -0.2) is 0 Å². The number of rotatable bonds is 2. The zero-order valence-electron chi connectivity index (χ0n) is 7.45. The maximum atomic E-state index is 9.04. The van der Waals surface area contributed by atoms with E-state index in [4.69, 9.17) is 9.84 Å². The fourth-order valence-electron chi connectivity index (χ4n) is 0.826. The van der Waals surface area contributed by atoms with Gasteiger partial charge in [-0.2, -0.15) is 0 Å². The third kappa shape index (κ3) is 3.56. The van der Waals surface area contributed by atoms with Crippen molar-refractivity contribution in [2.24, 2.45) is 0 Å². The first-order valence-corrected chi connectivity index (χ1v) is 3.39. The Bertz CT molecular complexity index is 218. The maximum Gasteiger partial charge on any atom is 1.00 e. The molecular formula is C9H11KO2. The van der Waals surface area contributed by atoms with Crippen LogP contribution in [-0.2, 0) is 0 Å². The second-order valence-corrected chi connectivity index (χ2v) is 2.29. The van der Waals surface area contributed by atoms with Crippen molar-refractivity contribution >= 4 is 0 Å². The van der Waals surface area contributed by atoms with Gasteiger partial charge in [-0.3, -0.25) is 0 Å². The van der Waals surface area contributed by atoms with Crippen molar-refractivity contribution in [2.45, 2.75) is 6.10 Å². The fourth-order valence-corrected chi connectivity index (χ4v) is 0.826. The van der Waals surface area contributed by atoms with Crippen LogP contribution in [0.25, 0.3) is 0 Å². The van der Waals surface area contributed by atoms with Gasteiger partial charge in [-0.05, 0) is 18.2 Å². The van der Waals surface area contributed by atoms with E-state index in [-0.39, 0.29) is 51.4 Å². The van der Waals surface area contributed by atoms with Crippen LogP contribution in [0.5, 0.6) is 5.75 Å². The summed E-state index contributed by atoms with van der Waals surface area (Å²) in [6.45, 7) is 3.48. The van der Waals surface area contributed by atoms with Crippen molar-refractivity contribution in [2.75, 3.05) is 7.11 Å². The predicted molar refractivity (Wildman–Crippen MR) is 43.3 cm³/mol. The Kier molecular flexibility index (Phi) is 6.44. The van der Waals surface area contributed by atoms with Gasteiger partial charge in [-0.1, -0.05) is 17.7 Å². The van der Waals surface area contributed by atoms with Crippen molar-refractivity contribution in [3.8, 4) is 5.75 Å². The summed E-state index contributed by atoms with van der Waals surface area (Å²) < 4.78 is 4.95. The smallest absolute Gasteiger partial charge is 0.497 e. The summed E-state index contributed by atoms with van der Waals surface area (Å²) in [5.74, 6) is 0.786. The van der Waals surface area contributed by atoms with Crippen LogP contribution < -0.4 is 56.1 Å². The molecule has 3 heteroatoms. The topological polar surface area (TPSA) is 29.5 Å². The maximum absolute atomic E-state index is 9.04. The number of benzene rings is 1. The summed E-state index contributed by atoms with van der Waals surface area (Å²) in [5, 5.41) is 9.04. The van der Waals surface area contributed by atoms with Gasteiger partial charge in [-0.15, -0.1) is 0 Å². The third-order valence-corrected chi connectivity index (χ3v) is 1.50. The summed E-state index contributed by atoms with van der Waals surface area (Å²) in [5.41, 5.74) is 0.797. The molecule has 0 aliphatic heterocycles. The molecule has 60 valence electrons. The van der Waals surface area contributed by atoms with Crippen LogP contribution >= 0.6 is 0 Å². The van der Waals surface area contributed by atoms with Gasteiger partial charge in [0.2, 0.25) is 0 Å². The van der Waals surface area contributed by atoms with Gasteiger partial charge in [0.05, 0.1) is 7.11 Å². The molecule has 0 radical (unpaired) electrons. The molecule has 0 spiro atoms. The first-order valence-electron chi connectivity index (χ1n) is 3.39. The molecule has 1 aromatic rings. The molecule has 0 saturated heterocycles. The zero-order chi connectivity index (χ0) is 8.27. The van der Waals surface area contributed by atoms with E-state index in [1.807, 2.05) is 0 Å². The molecule has 1 aromatic carbocycles. The third-order valence-electron chi connectivity index (χ3n) is 1.50. The second-order valence-electron chi connectivity index (χ2n) is 2.29. The molecular weight excluding hydrogens is 179 g/mol. The Hall–Kier alpha value is 0.616. The van der Waals surface area contributed by atoms with Crippen molar-refractivity contribution in [1.82, 2.24) is 0 Å². The van der Waals surface area contributed by atoms with Crippen LogP contribution in [0, 0.1) is 6.92 Å². The van der Waals surface area contributed by atoms with E-state index in [0.29, 0.717) is 0 Å².